The van der Waals surface area contributed by atoms with Gasteiger partial charge in [-0.05, 0) is 71.9 Å². The number of hydrogen-bond donors (Lipinski definition) is 1. The van der Waals surface area contributed by atoms with Gasteiger partial charge in [0.15, 0.2) is 0 Å². The zero-order chi connectivity index (χ0) is 37.2. The third-order valence-electron chi connectivity index (χ3n) is 12.0. The van der Waals surface area contributed by atoms with Crippen molar-refractivity contribution in [1.29, 1.82) is 0 Å². The summed E-state index contributed by atoms with van der Waals surface area (Å²) in [5.74, 6) is 0.887. The number of nitrogens with zero attached hydrogens (tertiary/aromatic N) is 4. The Kier molecular flexibility index (Phi) is 9.35. The van der Waals surface area contributed by atoms with E-state index < -0.39 is 0 Å². The Hall–Kier alpha value is -5.88. The van der Waals surface area contributed by atoms with Crippen LogP contribution in [0.5, 0.6) is 0 Å². The molecule has 6 heteroatoms. The zero-order valence-corrected chi connectivity index (χ0v) is 31.3. The normalized spacial score (nSPS) is 21.0. The van der Waals surface area contributed by atoms with E-state index in [2.05, 4.69) is 156 Å². The van der Waals surface area contributed by atoms with Crippen LogP contribution in [0.15, 0.2) is 188 Å². The molecule has 2 fully saturated rings. The van der Waals surface area contributed by atoms with Gasteiger partial charge in [0.05, 0.1) is 24.5 Å². The van der Waals surface area contributed by atoms with Crippen LogP contribution < -0.4 is 0 Å². The highest BCUT2D eigenvalue weighted by Gasteiger charge is 2.42. The van der Waals surface area contributed by atoms with Gasteiger partial charge in [-0.1, -0.05) is 156 Å². The second kappa shape index (κ2) is 14.7. The molecule has 6 aliphatic rings. The summed E-state index contributed by atoms with van der Waals surface area (Å²) in [6.45, 7) is 1.45. The number of rotatable bonds is 9. The highest BCUT2D eigenvalue weighted by Crippen LogP contribution is 2.47. The SMILES string of the molecule is CON=C(C1=NCC2=C1C=CC(c1ccccc1)(c1ccccc1)C2)C1CC1.ON=C(C1=NCC2=C1C=CC(c1ccccc1)(c1ccccc1)C2)C1CC1. The van der Waals surface area contributed by atoms with Crippen LogP contribution in [0.1, 0.15) is 60.8 Å². The fourth-order valence-corrected chi connectivity index (χ4v) is 8.91. The van der Waals surface area contributed by atoms with E-state index in [1.54, 1.807) is 7.11 Å². The maximum absolute atomic E-state index is 9.51. The van der Waals surface area contributed by atoms with E-state index in [9.17, 15) is 5.21 Å². The third kappa shape index (κ3) is 6.54. The monoisotopic (exact) mass is 722 g/mol. The molecule has 10 rings (SSSR count). The minimum atomic E-state index is -0.178. The maximum Gasteiger partial charge on any atom is 0.109 e. The van der Waals surface area contributed by atoms with Gasteiger partial charge in [-0.3, -0.25) is 9.98 Å². The van der Waals surface area contributed by atoms with Gasteiger partial charge in [0.25, 0.3) is 0 Å². The van der Waals surface area contributed by atoms with E-state index >= 15 is 0 Å². The highest BCUT2D eigenvalue weighted by atomic mass is 16.6. The largest absolute Gasteiger partial charge is 0.411 e. The summed E-state index contributed by atoms with van der Waals surface area (Å²) < 4.78 is 0. The van der Waals surface area contributed by atoms with Crippen molar-refractivity contribution in [3.8, 4) is 0 Å². The third-order valence-corrected chi connectivity index (χ3v) is 12.0. The Balaban J connectivity index is 0.000000144. The lowest BCUT2D eigenvalue weighted by molar-refractivity contribution is 0.213. The van der Waals surface area contributed by atoms with Gasteiger partial charge in [-0.15, -0.1) is 0 Å². The van der Waals surface area contributed by atoms with E-state index in [4.69, 9.17) is 14.8 Å². The van der Waals surface area contributed by atoms with Gasteiger partial charge in [0, 0.05) is 33.8 Å². The van der Waals surface area contributed by atoms with Crippen LogP contribution in [0.2, 0.25) is 0 Å². The van der Waals surface area contributed by atoms with Crippen molar-refractivity contribution in [2.24, 2.45) is 32.1 Å². The van der Waals surface area contributed by atoms with Crippen LogP contribution in [0.4, 0.5) is 0 Å². The van der Waals surface area contributed by atoms with Crippen molar-refractivity contribution >= 4 is 22.8 Å². The smallest absolute Gasteiger partial charge is 0.109 e. The molecule has 0 atom stereocenters. The molecular formula is C49H46N4O2. The Morgan fingerprint density at radius 3 is 1.27 bits per heavy atom. The lowest BCUT2D eigenvalue weighted by Gasteiger charge is -2.35. The lowest BCUT2D eigenvalue weighted by atomic mass is 9.67. The first-order chi connectivity index (χ1) is 27.1. The Bertz CT molecular complexity index is 2230. The van der Waals surface area contributed by atoms with Crippen molar-refractivity contribution in [3.63, 3.8) is 0 Å². The second-order valence-corrected chi connectivity index (χ2v) is 15.5. The minimum absolute atomic E-state index is 0.148. The number of aliphatic imine (C=N–C) groups is 2. The molecule has 0 radical (unpaired) electrons. The van der Waals surface area contributed by atoms with Gasteiger partial charge in [-0.25, -0.2) is 0 Å². The highest BCUT2D eigenvalue weighted by molar-refractivity contribution is 6.51. The molecule has 0 unspecified atom stereocenters. The number of benzene rings is 4. The quantitative estimate of drug-likeness (QED) is 0.106. The summed E-state index contributed by atoms with van der Waals surface area (Å²) in [7, 11) is 1.62. The number of oxime groups is 2. The molecule has 0 aromatic heterocycles. The number of allylic oxidation sites excluding steroid dienone is 6. The molecule has 4 aromatic carbocycles. The predicted molar refractivity (Wildman–Crippen MR) is 223 cm³/mol. The maximum atomic E-state index is 9.51. The van der Waals surface area contributed by atoms with E-state index in [0.717, 1.165) is 60.6 Å². The first-order valence-electron chi connectivity index (χ1n) is 19.6. The van der Waals surface area contributed by atoms with Crippen molar-refractivity contribution < 1.29 is 10.0 Å². The van der Waals surface area contributed by atoms with Crippen LogP contribution in [0, 0.1) is 11.8 Å². The van der Waals surface area contributed by atoms with E-state index in [1.807, 2.05) is 0 Å². The molecule has 0 amide bonds. The Labute approximate surface area is 323 Å². The van der Waals surface area contributed by atoms with Crippen LogP contribution >= 0.6 is 0 Å². The van der Waals surface area contributed by atoms with Crippen LogP contribution in [-0.4, -0.2) is 48.3 Å². The molecule has 55 heavy (non-hydrogen) atoms. The van der Waals surface area contributed by atoms with Crippen LogP contribution in [0.25, 0.3) is 0 Å². The van der Waals surface area contributed by atoms with Gasteiger partial charge in [0.2, 0.25) is 0 Å². The van der Waals surface area contributed by atoms with Crippen molar-refractivity contribution in [2.75, 3.05) is 20.2 Å². The average molecular weight is 723 g/mol. The van der Waals surface area contributed by atoms with Gasteiger partial charge in [-0.2, -0.15) is 0 Å². The zero-order valence-electron chi connectivity index (χ0n) is 31.3. The molecule has 274 valence electrons. The summed E-state index contributed by atoms with van der Waals surface area (Å²) in [6, 6.07) is 43.1. The first-order valence-corrected chi connectivity index (χ1v) is 19.6. The Morgan fingerprint density at radius 1 is 0.564 bits per heavy atom. The van der Waals surface area contributed by atoms with Crippen molar-refractivity contribution in [3.05, 3.63) is 190 Å². The molecule has 1 N–H and O–H groups in total. The molecule has 4 aromatic rings. The second-order valence-electron chi connectivity index (χ2n) is 15.5. The summed E-state index contributed by atoms with van der Waals surface area (Å²) in [5.41, 5.74) is 13.8. The Morgan fingerprint density at radius 2 is 0.927 bits per heavy atom. The molecule has 2 aliphatic heterocycles. The van der Waals surface area contributed by atoms with E-state index in [-0.39, 0.29) is 10.8 Å². The summed E-state index contributed by atoms with van der Waals surface area (Å²) in [4.78, 5) is 14.8. The summed E-state index contributed by atoms with van der Waals surface area (Å²) >= 11 is 0. The van der Waals surface area contributed by atoms with Gasteiger partial charge >= 0.3 is 0 Å². The minimum Gasteiger partial charge on any atom is -0.411 e. The fraction of sp³-hybridized carbons (Fsp3) is 0.265. The summed E-state index contributed by atoms with van der Waals surface area (Å²) in [6.07, 6.45) is 15.6. The molecule has 0 bridgehead atoms. The predicted octanol–water partition coefficient (Wildman–Crippen LogP) is 10.0. The fourth-order valence-electron chi connectivity index (χ4n) is 8.91. The van der Waals surface area contributed by atoms with E-state index in [0.29, 0.717) is 18.4 Å². The topological polar surface area (TPSA) is 78.9 Å². The lowest BCUT2D eigenvalue weighted by Crippen LogP contribution is -2.29. The van der Waals surface area contributed by atoms with Crippen molar-refractivity contribution in [2.45, 2.75) is 49.4 Å². The van der Waals surface area contributed by atoms with Gasteiger partial charge < -0.3 is 10.0 Å². The van der Waals surface area contributed by atoms with Crippen LogP contribution in [-0.2, 0) is 15.7 Å². The first kappa shape index (κ1) is 34.9. The number of hydrogen-bond acceptors (Lipinski definition) is 6. The molecule has 2 saturated carbocycles. The van der Waals surface area contributed by atoms with Gasteiger partial charge in [0.1, 0.15) is 18.5 Å². The molecule has 0 saturated heterocycles. The molecule has 4 aliphatic carbocycles. The van der Waals surface area contributed by atoms with Crippen LogP contribution in [0.3, 0.4) is 0 Å². The molecule has 6 nitrogen and oxygen atoms in total. The van der Waals surface area contributed by atoms with Crippen molar-refractivity contribution in [1.82, 2.24) is 0 Å². The molecule has 0 spiro atoms. The molecular weight excluding hydrogens is 677 g/mol. The molecule has 2 heterocycles. The standard InChI is InChI=1S/C25H24N2O.C24H22N2O/c1-28-27-23(18-12-13-18)24-22-14-15-25(16-19(22)17-26-24,20-8-4-2-5-9-20)21-10-6-3-7-11-21;27-26-22(17-11-12-17)23-21-13-14-24(15-18(21)16-25-23,19-7-3-1-4-8-19)20-9-5-2-6-10-20/h2-11,14-15,18H,12-13,16-17H2,1H3;1-10,13-14,17,27H,11-12,15-16H2. The average Bonchev–Trinajstić information content (AvgIpc) is 4.20. The van der Waals surface area contributed by atoms with E-state index in [1.165, 1.54) is 51.8 Å². The summed E-state index contributed by atoms with van der Waals surface area (Å²) in [5, 5.41) is 17.4.